The van der Waals surface area contributed by atoms with E-state index < -0.39 is 0 Å². The number of carbonyl (C=O) groups excluding carboxylic acids is 1. The first-order valence-corrected chi connectivity index (χ1v) is 10.8. The number of hydrogen-bond donors (Lipinski definition) is 1. The normalized spacial score (nSPS) is 16.1. The van der Waals surface area contributed by atoms with Crippen molar-refractivity contribution in [2.24, 2.45) is 0 Å². The van der Waals surface area contributed by atoms with Gasteiger partial charge in [0.25, 0.3) is 11.5 Å². The molecule has 1 saturated heterocycles. The fraction of sp³-hybridized carbons (Fsp3) is 0.286. The van der Waals surface area contributed by atoms with Crippen molar-refractivity contribution >= 4 is 22.4 Å². The predicted molar refractivity (Wildman–Crippen MR) is 116 cm³/mol. The molecule has 1 fully saturated rings. The molecule has 5 rings (SSSR count). The maximum absolute atomic E-state index is 13.2. The molecule has 0 spiro atoms. The van der Waals surface area contributed by atoms with Gasteiger partial charge in [-0.25, -0.2) is 0 Å². The van der Waals surface area contributed by atoms with E-state index in [2.05, 4.69) is 20.6 Å². The van der Waals surface area contributed by atoms with E-state index in [0.29, 0.717) is 34.2 Å². The van der Waals surface area contributed by atoms with E-state index in [9.17, 15) is 9.59 Å². The molecule has 3 aliphatic heterocycles. The van der Waals surface area contributed by atoms with Crippen molar-refractivity contribution in [1.29, 1.82) is 0 Å². The van der Waals surface area contributed by atoms with Gasteiger partial charge in [-0.05, 0) is 31.9 Å². The average molecular weight is 436 g/mol. The van der Waals surface area contributed by atoms with Crippen LogP contribution in [0.25, 0.3) is 16.9 Å². The van der Waals surface area contributed by atoms with Gasteiger partial charge >= 0.3 is 0 Å². The number of nitrogens with one attached hydrogen (secondary N) is 1. The number of nitrogens with zero attached hydrogens (tertiary/aromatic N) is 5. The van der Waals surface area contributed by atoms with Crippen LogP contribution in [0.2, 0.25) is 0 Å². The van der Waals surface area contributed by atoms with Crippen LogP contribution in [0.5, 0.6) is 0 Å². The minimum absolute atomic E-state index is 0.0587. The number of rotatable bonds is 5. The zero-order chi connectivity index (χ0) is 21.4. The predicted octanol–water partition coefficient (Wildman–Crippen LogP) is 2.73. The minimum atomic E-state index is -0.388. The molecule has 31 heavy (non-hydrogen) atoms. The molecule has 1 aromatic heterocycles. The highest BCUT2D eigenvalue weighted by Crippen LogP contribution is 2.25. The Labute approximate surface area is 181 Å². The molecule has 9 nitrogen and oxygen atoms in total. The Morgan fingerprint density at radius 3 is 2.81 bits per heavy atom. The second-order valence-corrected chi connectivity index (χ2v) is 8.58. The summed E-state index contributed by atoms with van der Waals surface area (Å²) in [4.78, 5) is 26.3. The van der Waals surface area contributed by atoms with Crippen LogP contribution in [0.1, 0.15) is 28.2 Å². The number of hydrogen-bond acceptors (Lipinski definition) is 7. The van der Waals surface area contributed by atoms with E-state index >= 15 is 0 Å². The fourth-order valence-electron chi connectivity index (χ4n) is 3.71. The number of aromatic nitrogens is 5. The number of benzene rings is 1. The van der Waals surface area contributed by atoms with Gasteiger partial charge < -0.3 is 9.30 Å². The maximum Gasteiger partial charge on any atom is 0.282 e. The van der Waals surface area contributed by atoms with Gasteiger partial charge in [0, 0.05) is 25.5 Å². The zero-order valence-corrected chi connectivity index (χ0v) is 17.6. The summed E-state index contributed by atoms with van der Waals surface area (Å²) in [5.41, 5.74) is 1.39. The Bertz CT molecular complexity index is 1260. The molecular formula is C21H20N6O3S. The molecule has 3 aliphatic rings. The summed E-state index contributed by atoms with van der Waals surface area (Å²) in [6.45, 7) is 3.11. The Balaban J connectivity index is 1.60. The molecule has 10 heteroatoms. The Kier molecular flexibility index (Phi) is 5.08. The number of aryl methyl sites for hydroxylation is 1. The van der Waals surface area contributed by atoms with Gasteiger partial charge in [0.05, 0.1) is 22.9 Å². The summed E-state index contributed by atoms with van der Waals surface area (Å²) in [6, 6.07) is 9.15. The highest BCUT2D eigenvalue weighted by molar-refractivity contribution is 7.15. The van der Waals surface area contributed by atoms with Crippen LogP contribution in [-0.4, -0.2) is 43.2 Å². The van der Waals surface area contributed by atoms with Crippen molar-refractivity contribution < 1.29 is 9.53 Å². The summed E-state index contributed by atoms with van der Waals surface area (Å²) in [6.07, 6.45) is 5.48. The van der Waals surface area contributed by atoms with Crippen LogP contribution in [0.3, 0.4) is 0 Å². The first-order valence-electron chi connectivity index (χ1n) is 10.00. The molecule has 0 aliphatic carbocycles. The summed E-state index contributed by atoms with van der Waals surface area (Å²) >= 11 is 1.28. The first-order chi connectivity index (χ1) is 15.1. The van der Waals surface area contributed by atoms with E-state index in [0.717, 1.165) is 24.5 Å². The molecule has 0 bridgehead atoms. The molecule has 0 saturated carbocycles. The van der Waals surface area contributed by atoms with E-state index in [1.165, 1.54) is 16.0 Å². The van der Waals surface area contributed by atoms with Gasteiger partial charge in [0.1, 0.15) is 10.7 Å². The average Bonchev–Trinajstić information content (AvgIpc) is 3.50. The number of para-hydroxylation sites is 1. The number of ether oxygens (including phenoxy) is 1. The zero-order valence-electron chi connectivity index (χ0n) is 16.8. The third-order valence-corrected chi connectivity index (χ3v) is 5.91. The molecule has 4 heterocycles. The molecule has 1 unspecified atom stereocenters. The highest BCUT2D eigenvalue weighted by atomic mass is 32.1. The topological polar surface area (TPSA) is 104 Å². The third kappa shape index (κ3) is 3.87. The summed E-state index contributed by atoms with van der Waals surface area (Å²) in [5, 5.41) is 16.3. The largest absolute Gasteiger partial charge is 0.376 e. The lowest BCUT2D eigenvalue weighted by Crippen LogP contribution is -2.20. The molecule has 1 N–H and O–H groups in total. The van der Waals surface area contributed by atoms with Crippen LogP contribution < -0.4 is 10.9 Å². The van der Waals surface area contributed by atoms with Crippen LogP contribution in [0.4, 0.5) is 5.13 Å². The molecule has 1 atom stereocenters. The molecule has 158 valence electrons. The van der Waals surface area contributed by atoms with Crippen LogP contribution in [0.15, 0.2) is 47.5 Å². The van der Waals surface area contributed by atoms with Crippen LogP contribution in [-0.2, 0) is 11.3 Å². The number of pyridine rings is 1. The van der Waals surface area contributed by atoms with Gasteiger partial charge in [-0.2, -0.15) is 9.78 Å². The van der Waals surface area contributed by atoms with Crippen molar-refractivity contribution in [2.45, 2.75) is 32.4 Å². The van der Waals surface area contributed by atoms with Gasteiger partial charge in [-0.1, -0.05) is 29.5 Å². The lowest BCUT2D eigenvalue weighted by Gasteiger charge is -2.15. The molecule has 2 aromatic rings. The highest BCUT2D eigenvalue weighted by Gasteiger charge is 2.26. The van der Waals surface area contributed by atoms with Gasteiger partial charge in [0.2, 0.25) is 5.13 Å². The van der Waals surface area contributed by atoms with Crippen molar-refractivity contribution in [3.05, 3.63) is 63.7 Å². The second kappa shape index (κ2) is 8.05. The van der Waals surface area contributed by atoms with Crippen molar-refractivity contribution in [3.63, 3.8) is 0 Å². The standard InChI is InChI=1S/C21H20N6O3S/c1-13-23-24-21(31-13)22-19(28)16-11-26(10-15-8-5-9-30-15)12-17-18(16)25-27(20(17)29)14-6-3-2-4-7-14/h2-4,6-7,11-12,15H,5,8-10H2,1H3,(H,22,24,28). The molecular weight excluding hydrogens is 416 g/mol. The van der Waals surface area contributed by atoms with E-state index in [1.807, 2.05) is 29.7 Å². The fourth-order valence-corrected chi connectivity index (χ4v) is 4.30. The number of amides is 1. The Morgan fingerprint density at radius 2 is 2.10 bits per heavy atom. The third-order valence-electron chi connectivity index (χ3n) is 5.15. The van der Waals surface area contributed by atoms with E-state index in [-0.39, 0.29) is 17.6 Å². The Hall–Kier alpha value is -3.37. The lowest BCUT2D eigenvalue weighted by molar-refractivity contribution is 0.0961. The molecule has 1 amide bonds. The van der Waals surface area contributed by atoms with Crippen molar-refractivity contribution in [1.82, 2.24) is 24.5 Å². The number of carbonyl (C=O) groups is 1. The van der Waals surface area contributed by atoms with Gasteiger partial charge in [-0.15, -0.1) is 10.2 Å². The van der Waals surface area contributed by atoms with Crippen molar-refractivity contribution in [3.8, 4) is 16.9 Å². The maximum atomic E-state index is 13.2. The van der Waals surface area contributed by atoms with Gasteiger partial charge in [0.15, 0.2) is 0 Å². The van der Waals surface area contributed by atoms with Crippen LogP contribution >= 0.6 is 11.3 Å². The summed E-state index contributed by atoms with van der Waals surface area (Å²) in [5.74, 6) is -0.388. The van der Waals surface area contributed by atoms with E-state index in [1.54, 1.807) is 24.5 Å². The van der Waals surface area contributed by atoms with Crippen molar-refractivity contribution in [2.75, 3.05) is 11.9 Å². The second-order valence-electron chi connectivity index (χ2n) is 7.40. The van der Waals surface area contributed by atoms with E-state index in [4.69, 9.17) is 4.74 Å². The lowest BCUT2D eigenvalue weighted by atomic mass is 10.1. The summed E-state index contributed by atoms with van der Waals surface area (Å²) < 4.78 is 8.91. The quantitative estimate of drug-likeness (QED) is 0.516. The first kappa shape index (κ1) is 19.6. The van der Waals surface area contributed by atoms with Gasteiger partial charge in [-0.3, -0.25) is 14.9 Å². The smallest absolute Gasteiger partial charge is 0.282 e. The SMILES string of the molecule is Cc1nnc(NC(=O)c2cn(CC3CCCO3)cc3c(=O)n(-c4ccccc4)nc2-3)s1. The minimum Gasteiger partial charge on any atom is -0.376 e. The Morgan fingerprint density at radius 1 is 1.26 bits per heavy atom. The summed E-state index contributed by atoms with van der Waals surface area (Å²) in [7, 11) is 0. The molecule has 1 aromatic carbocycles. The monoisotopic (exact) mass is 436 g/mol. The van der Waals surface area contributed by atoms with Crippen LogP contribution in [0, 0.1) is 6.92 Å². The number of anilines is 1. The molecule has 0 radical (unpaired) electrons. The number of fused-ring (bicyclic) bond motifs is 1.